The highest BCUT2D eigenvalue weighted by atomic mass is 16.5. The number of amides is 1. The number of unbranched alkanes of at least 4 members (excludes halogenated alkanes) is 2. The molecule has 0 spiro atoms. The monoisotopic (exact) mass is 463 g/mol. The maximum absolute atomic E-state index is 13.2. The van der Waals surface area contributed by atoms with Crippen molar-refractivity contribution in [3.63, 3.8) is 0 Å². The van der Waals surface area contributed by atoms with E-state index in [0.717, 1.165) is 24.8 Å². The Bertz CT molecular complexity index is 1010. The lowest BCUT2D eigenvalue weighted by atomic mass is 10.0. The summed E-state index contributed by atoms with van der Waals surface area (Å²) in [6.07, 6.45) is 3.30. The third-order valence-corrected chi connectivity index (χ3v) is 5.24. The third-order valence-electron chi connectivity index (χ3n) is 5.24. The smallest absolute Gasteiger partial charge is 0.337 e. The van der Waals surface area contributed by atoms with Crippen molar-refractivity contribution in [1.29, 1.82) is 0 Å². The van der Waals surface area contributed by atoms with Gasteiger partial charge in [-0.2, -0.15) is 0 Å². The molecular weight excluding hydrogens is 430 g/mol. The van der Waals surface area contributed by atoms with Gasteiger partial charge in [0.1, 0.15) is 6.42 Å². The minimum absolute atomic E-state index is 0.223. The molecule has 2 aromatic rings. The summed E-state index contributed by atoms with van der Waals surface area (Å²) in [6, 6.07) is 16.1. The average molecular weight is 464 g/mol. The molecule has 1 atom stereocenters. The van der Waals surface area contributed by atoms with Crippen LogP contribution in [0.25, 0.3) is 0 Å². The molecule has 1 unspecified atom stereocenters. The van der Waals surface area contributed by atoms with Crippen LogP contribution in [0.2, 0.25) is 0 Å². The van der Waals surface area contributed by atoms with Crippen LogP contribution in [-0.2, 0) is 25.6 Å². The second-order valence-corrected chi connectivity index (χ2v) is 7.84. The quantitative estimate of drug-likeness (QED) is 0.208. The normalized spacial score (nSPS) is 11.0. The van der Waals surface area contributed by atoms with Gasteiger partial charge in [0, 0.05) is 12.1 Å². The molecule has 6 nitrogen and oxygen atoms in total. The van der Waals surface area contributed by atoms with Gasteiger partial charge in [0.15, 0.2) is 0 Å². The summed E-state index contributed by atoms with van der Waals surface area (Å²) < 4.78 is 9.79. The molecule has 0 aliphatic heterocycles. The molecule has 0 saturated heterocycles. The van der Waals surface area contributed by atoms with E-state index in [1.165, 1.54) is 7.11 Å². The molecule has 0 fully saturated rings. The Morgan fingerprint density at radius 3 is 2.44 bits per heavy atom. The van der Waals surface area contributed by atoms with Crippen LogP contribution in [0.4, 0.5) is 0 Å². The van der Waals surface area contributed by atoms with Gasteiger partial charge in [0.05, 0.1) is 25.3 Å². The van der Waals surface area contributed by atoms with Crippen LogP contribution in [0.15, 0.2) is 54.6 Å². The molecule has 0 bridgehead atoms. The second kappa shape index (κ2) is 14.5. The highest BCUT2D eigenvalue weighted by Gasteiger charge is 2.25. The first-order chi connectivity index (χ1) is 16.5. The van der Waals surface area contributed by atoms with E-state index in [4.69, 9.17) is 9.47 Å². The van der Waals surface area contributed by atoms with E-state index in [9.17, 15) is 14.4 Å². The number of esters is 2. The second-order valence-electron chi connectivity index (χ2n) is 7.84. The molecule has 0 N–H and O–H groups in total. The van der Waals surface area contributed by atoms with Crippen LogP contribution in [0, 0.1) is 11.8 Å². The van der Waals surface area contributed by atoms with Gasteiger partial charge < -0.3 is 14.4 Å². The molecule has 0 aliphatic carbocycles. The molecule has 0 heterocycles. The summed E-state index contributed by atoms with van der Waals surface area (Å²) in [6.45, 7) is 4.39. The number of ether oxygens (including phenoxy) is 2. The maximum Gasteiger partial charge on any atom is 0.337 e. The molecule has 180 valence electrons. The van der Waals surface area contributed by atoms with Gasteiger partial charge in [-0.15, -0.1) is 0 Å². The Morgan fingerprint density at radius 2 is 1.76 bits per heavy atom. The lowest BCUT2D eigenvalue weighted by Crippen LogP contribution is -2.40. The van der Waals surface area contributed by atoms with Crippen molar-refractivity contribution in [3.8, 4) is 11.8 Å². The fraction of sp³-hybridized carbons (Fsp3) is 0.393. The van der Waals surface area contributed by atoms with Crippen LogP contribution >= 0.6 is 0 Å². The highest BCUT2D eigenvalue weighted by molar-refractivity contribution is 5.94. The predicted octanol–water partition coefficient (Wildman–Crippen LogP) is 4.76. The number of methoxy groups -OCH3 is 1. The molecule has 0 aliphatic rings. The first-order valence-corrected chi connectivity index (χ1v) is 11.7. The lowest BCUT2D eigenvalue weighted by molar-refractivity contribution is -0.149. The first-order valence-electron chi connectivity index (χ1n) is 11.7. The van der Waals surface area contributed by atoms with Crippen LogP contribution < -0.4 is 0 Å². The van der Waals surface area contributed by atoms with E-state index >= 15 is 0 Å². The van der Waals surface area contributed by atoms with E-state index in [1.807, 2.05) is 36.4 Å². The van der Waals surface area contributed by atoms with Gasteiger partial charge in [-0.1, -0.05) is 74.4 Å². The van der Waals surface area contributed by atoms with E-state index in [0.29, 0.717) is 24.1 Å². The fourth-order valence-electron chi connectivity index (χ4n) is 3.49. The largest absolute Gasteiger partial charge is 0.466 e. The van der Waals surface area contributed by atoms with Gasteiger partial charge in [-0.25, -0.2) is 4.79 Å². The number of hydrogen-bond donors (Lipinski definition) is 0. The van der Waals surface area contributed by atoms with E-state index in [2.05, 4.69) is 18.8 Å². The number of nitrogens with zero attached hydrogens (tertiary/aromatic N) is 1. The summed E-state index contributed by atoms with van der Waals surface area (Å²) in [5, 5.41) is 0. The molecule has 2 rings (SSSR count). The lowest BCUT2D eigenvalue weighted by Gasteiger charge is -2.29. The topological polar surface area (TPSA) is 72.9 Å². The molecule has 1 amide bonds. The average Bonchev–Trinajstić information content (AvgIpc) is 2.85. The van der Waals surface area contributed by atoms with Crippen molar-refractivity contribution >= 4 is 17.8 Å². The van der Waals surface area contributed by atoms with Crippen molar-refractivity contribution < 1.29 is 23.9 Å². The number of carbonyl (C=O) groups excluding carboxylic acids is 3. The zero-order chi connectivity index (χ0) is 24.8. The van der Waals surface area contributed by atoms with Crippen molar-refractivity contribution in [3.05, 3.63) is 71.3 Å². The molecule has 0 radical (unpaired) electrons. The van der Waals surface area contributed by atoms with Crippen molar-refractivity contribution in [2.24, 2.45) is 0 Å². The Labute approximate surface area is 202 Å². The number of carbonyl (C=O) groups is 3. The Balaban J connectivity index is 2.38. The van der Waals surface area contributed by atoms with Crippen molar-refractivity contribution in [1.82, 2.24) is 4.90 Å². The minimum atomic E-state index is -0.545. The highest BCUT2D eigenvalue weighted by Crippen LogP contribution is 2.16. The van der Waals surface area contributed by atoms with Gasteiger partial charge in [-0.3, -0.25) is 9.59 Å². The summed E-state index contributed by atoms with van der Waals surface area (Å²) in [5.41, 5.74) is 2.02. The summed E-state index contributed by atoms with van der Waals surface area (Å²) >= 11 is 0. The van der Waals surface area contributed by atoms with E-state index < -0.39 is 18.0 Å². The minimum Gasteiger partial charge on any atom is -0.466 e. The molecule has 6 heteroatoms. The first kappa shape index (κ1) is 26.7. The molecular formula is C28H33NO5. The van der Waals surface area contributed by atoms with Gasteiger partial charge in [0.2, 0.25) is 5.91 Å². The van der Waals surface area contributed by atoms with Gasteiger partial charge in [0.25, 0.3) is 0 Å². The van der Waals surface area contributed by atoms with Gasteiger partial charge in [-0.05, 0) is 37.1 Å². The zero-order valence-corrected chi connectivity index (χ0v) is 20.2. The van der Waals surface area contributed by atoms with Crippen molar-refractivity contribution in [2.75, 3.05) is 13.7 Å². The molecule has 0 aromatic heterocycles. The maximum atomic E-state index is 13.2. The molecule has 2 aromatic carbocycles. The predicted molar refractivity (Wildman–Crippen MR) is 131 cm³/mol. The number of rotatable bonds is 11. The van der Waals surface area contributed by atoms with Crippen LogP contribution in [0.1, 0.15) is 67.4 Å². The van der Waals surface area contributed by atoms with Crippen LogP contribution in [0.5, 0.6) is 0 Å². The van der Waals surface area contributed by atoms with Gasteiger partial charge >= 0.3 is 11.9 Å². The summed E-state index contributed by atoms with van der Waals surface area (Å²) in [4.78, 5) is 38.8. The Kier molecular flexibility index (Phi) is 11.4. The fourth-order valence-corrected chi connectivity index (χ4v) is 3.49. The van der Waals surface area contributed by atoms with Crippen LogP contribution in [-0.4, -0.2) is 42.5 Å². The van der Waals surface area contributed by atoms with E-state index in [-0.39, 0.29) is 18.9 Å². The summed E-state index contributed by atoms with van der Waals surface area (Å²) in [7, 11) is 1.33. The van der Waals surface area contributed by atoms with Crippen LogP contribution in [0.3, 0.4) is 0 Å². The van der Waals surface area contributed by atoms with E-state index in [1.54, 1.807) is 30.0 Å². The standard InChI is InChI=1S/C28H33NO5/c1-4-6-8-16-25(18-17-22-14-11-15-24(19-22)28(32)33-3)29(21-23-12-9-7-10-13-23)26(30)20-27(31)34-5-2/h7,9-15,19,25H,4-6,8,16,20-21H2,1-3H3. The zero-order valence-electron chi connectivity index (χ0n) is 20.2. The molecule has 0 saturated carbocycles. The molecule has 34 heavy (non-hydrogen) atoms. The SMILES string of the molecule is CCCCCC(C#Cc1cccc(C(=O)OC)c1)N(Cc1ccccc1)C(=O)CC(=O)OCC. The Hall–Kier alpha value is -3.59. The van der Waals surface area contributed by atoms with Crippen molar-refractivity contribution in [2.45, 2.75) is 58.5 Å². The summed E-state index contributed by atoms with van der Waals surface area (Å²) in [5.74, 6) is 5.06. The number of hydrogen-bond acceptors (Lipinski definition) is 5. The Morgan fingerprint density at radius 1 is 1.00 bits per heavy atom. The number of benzene rings is 2. The third kappa shape index (κ3) is 8.74.